The van der Waals surface area contributed by atoms with Gasteiger partial charge in [-0.3, -0.25) is 4.79 Å². The van der Waals surface area contributed by atoms with Crippen molar-refractivity contribution in [1.29, 1.82) is 0 Å². The first-order chi connectivity index (χ1) is 10.7. The molecule has 2 aromatic carbocycles. The maximum absolute atomic E-state index is 14.4. The van der Waals surface area contributed by atoms with Crippen LogP contribution in [0.3, 0.4) is 0 Å². The summed E-state index contributed by atoms with van der Waals surface area (Å²) in [4.78, 5) is 13.9. The van der Waals surface area contributed by atoms with E-state index < -0.39 is 0 Å². The highest BCUT2D eigenvalue weighted by Crippen LogP contribution is 2.27. The van der Waals surface area contributed by atoms with Crippen molar-refractivity contribution in [3.8, 4) is 0 Å². The number of benzene rings is 2. The van der Waals surface area contributed by atoms with E-state index in [0.29, 0.717) is 17.7 Å². The Labute approximate surface area is 130 Å². The van der Waals surface area contributed by atoms with Gasteiger partial charge in [0.05, 0.1) is 5.69 Å². The standard InChI is InChI=1S/C19H20FNO/c1-2-5-19(22)15-8-9-18(17(20)12-15)21-11-10-14-6-3-4-7-16(14)13-21/h3-4,6-9,12H,2,5,10-11,13H2,1H3. The fourth-order valence-corrected chi connectivity index (χ4v) is 3.01. The summed E-state index contributed by atoms with van der Waals surface area (Å²) >= 11 is 0. The van der Waals surface area contributed by atoms with Gasteiger partial charge in [-0.05, 0) is 42.2 Å². The van der Waals surface area contributed by atoms with Crippen LogP contribution in [0.4, 0.5) is 10.1 Å². The van der Waals surface area contributed by atoms with Crippen LogP contribution < -0.4 is 4.90 Å². The van der Waals surface area contributed by atoms with Gasteiger partial charge in [0.2, 0.25) is 0 Å². The van der Waals surface area contributed by atoms with Crippen LogP contribution >= 0.6 is 0 Å². The minimum atomic E-state index is -0.304. The highest BCUT2D eigenvalue weighted by Gasteiger charge is 2.19. The summed E-state index contributed by atoms with van der Waals surface area (Å²) in [7, 11) is 0. The summed E-state index contributed by atoms with van der Waals surface area (Å²) < 4.78 is 14.4. The van der Waals surface area contributed by atoms with Gasteiger partial charge in [0.1, 0.15) is 5.82 Å². The lowest BCUT2D eigenvalue weighted by Gasteiger charge is -2.31. The number of nitrogens with zero attached hydrogens (tertiary/aromatic N) is 1. The Morgan fingerprint density at radius 3 is 2.68 bits per heavy atom. The summed E-state index contributed by atoms with van der Waals surface area (Å²) in [5.74, 6) is -0.293. The molecule has 0 N–H and O–H groups in total. The molecule has 0 amide bonds. The van der Waals surface area contributed by atoms with E-state index >= 15 is 0 Å². The molecule has 0 aliphatic carbocycles. The molecule has 22 heavy (non-hydrogen) atoms. The van der Waals surface area contributed by atoms with Gasteiger partial charge in [0, 0.05) is 25.1 Å². The summed E-state index contributed by atoms with van der Waals surface area (Å²) in [6.45, 7) is 3.47. The minimum absolute atomic E-state index is 0.0111. The average Bonchev–Trinajstić information content (AvgIpc) is 2.54. The van der Waals surface area contributed by atoms with Gasteiger partial charge in [-0.25, -0.2) is 4.39 Å². The largest absolute Gasteiger partial charge is 0.364 e. The maximum Gasteiger partial charge on any atom is 0.162 e. The monoisotopic (exact) mass is 297 g/mol. The highest BCUT2D eigenvalue weighted by molar-refractivity contribution is 5.96. The van der Waals surface area contributed by atoms with Gasteiger partial charge in [0.15, 0.2) is 5.78 Å². The number of Topliss-reactive ketones (excluding diaryl/α,β-unsaturated/α-hetero) is 1. The van der Waals surface area contributed by atoms with E-state index in [1.165, 1.54) is 17.2 Å². The molecule has 114 valence electrons. The van der Waals surface area contributed by atoms with E-state index in [1.807, 2.05) is 24.0 Å². The van der Waals surface area contributed by atoms with E-state index in [2.05, 4.69) is 12.1 Å². The maximum atomic E-state index is 14.4. The van der Waals surface area contributed by atoms with Crippen molar-refractivity contribution in [3.63, 3.8) is 0 Å². The van der Waals surface area contributed by atoms with Gasteiger partial charge in [-0.2, -0.15) is 0 Å². The Kier molecular flexibility index (Phi) is 4.23. The lowest BCUT2D eigenvalue weighted by atomic mass is 9.99. The third-order valence-electron chi connectivity index (χ3n) is 4.22. The first kappa shape index (κ1) is 14.8. The second-order valence-corrected chi connectivity index (χ2v) is 5.78. The van der Waals surface area contributed by atoms with Crippen LogP contribution in [0, 0.1) is 5.82 Å². The zero-order valence-electron chi connectivity index (χ0n) is 12.8. The Morgan fingerprint density at radius 1 is 1.18 bits per heavy atom. The summed E-state index contributed by atoms with van der Waals surface area (Å²) in [6.07, 6.45) is 2.17. The second kappa shape index (κ2) is 6.30. The topological polar surface area (TPSA) is 20.3 Å². The van der Waals surface area contributed by atoms with Gasteiger partial charge in [-0.15, -0.1) is 0 Å². The van der Waals surface area contributed by atoms with E-state index in [1.54, 1.807) is 12.1 Å². The van der Waals surface area contributed by atoms with E-state index in [4.69, 9.17) is 0 Å². The molecular weight excluding hydrogens is 277 g/mol. The van der Waals surface area contributed by atoms with Crippen molar-refractivity contribution in [1.82, 2.24) is 0 Å². The quantitative estimate of drug-likeness (QED) is 0.781. The highest BCUT2D eigenvalue weighted by atomic mass is 19.1. The predicted octanol–water partition coefficient (Wildman–Crippen LogP) is 4.37. The molecule has 0 spiro atoms. The number of ketones is 1. The lowest BCUT2D eigenvalue weighted by molar-refractivity contribution is 0.0981. The van der Waals surface area contributed by atoms with Crippen molar-refractivity contribution in [2.75, 3.05) is 11.4 Å². The third kappa shape index (κ3) is 2.89. The number of fused-ring (bicyclic) bond motifs is 1. The molecule has 2 aromatic rings. The molecule has 2 nitrogen and oxygen atoms in total. The average molecular weight is 297 g/mol. The minimum Gasteiger partial charge on any atom is -0.364 e. The van der Waals surface area contributed by atoms with E-state index in [9.17, 15) is 9.18 Å². The van der Waals surface area contributed by atoms with Crippen molar-refractivity contribution in [2.24, 2.45) is 0 Å². The van der Waals surface area contributed by atoms with Gasteiger partial charge in [-0.1, -0.05) is 31.2 Å². The third-order valence-corrected chi connectivity index (χ3v) is 4.22. The first-order valence-electron chi connectivity index (χ1n) is 7.83. The SMILES string of the molecule is CCCC(=O)c1ccc(N2CCc3ccccc3C2)c(F)c1. The first-order valence-corrected chi connectivity index (χ1v) is 7.83. The zero-order valence-corrected chi connectivity index (χ0v) is 12.8. The van der Waals surface area contributed by atoms with Gasteiger partial charge < -0.3 is 4.90 Å². The Bertz CT molecular complexity index is 696. The molecule has 3 rings (SSSR count). The predicted molar refractivity (Wildman–Crippen MR) is 86.8 cm³/mol. The van der Waals surface area contributed by atoms with E-state index in [0.717, 1.165) is 25.9 Å². The zero-order chi connectivity index (χ0) is 15.5. The van der Waals surface area contributed by atoms with Gasteiger partial charge >= 0.3 is 0 Å². The van der Waals surface area contributed by atoms with Crippen LogP contribution in [0.5, 0.6) is 0 Å². The number of carbonyl (C=O) groups excluding carboxylic acids is 1. The number of rotatable bonds is 4. The normalized spacial score (nSPS) is 13.8. The molecule has 3 heteroatoms. The molecule has 0 bridgehead atoms. The number of hydrogen-bond donors (Lipinski definition) is 0. The van der Waals surface area contributed by atoms with Crippen molar-refractivity contribution in [2.45, 2.75) is 32.7 Å². The number of hydrogen-bond acceptors (Lipinski definition) is 2. The van der Waals surface area contributed by atoms with Gasteiger partial charge in [0.25, 0.3) is 0 Å². The molecule has 1 heterocycles. The summed E-state index contributed by atoms with van der Waals surface area (Å²) in [5, 5.41) is 0. The van der Waals surface area contributed by atoms with Crippen LogP contribution in [-0.4, -0.2) is 12.3 Å². The fraction of sp³-hybridized carbons (Fsp3) is 0.316. The molecule has 0 radical (unpaired) electrons. The molecule has 0 aromatic heterocycles. The van der Waals surface area contributed by atoms with Crippen molar-refractivity contribution in [3.05, 3.63) is 65.0 Å². The van der Waals surface area contributed by atoms with Crippen LogP contribution in [0.15, 0.2) is 42.5 Å². The number of carbonyl (C=O) groups is 1. The molecule has 0 saturated heterocycles. The van der Waals surface area contributed by atoms with Crippen LogP contribution in [0.1, 0.15) is 41.3 Å². The Hall–Kier alpha value is -2.16. The lowest BCUT2D eigenvalue weighted by Crippen LogP contribution is -2.31. The molecular formula is C19H20FNO. The Morgan fingerprint density at radius 2 is 1.95 bits per heavy atom. The Balaban J connectivity index is 1.83. The fourth-order valence-electron chi connectivity index (χ4n) is 3.01. The summed E-state index contributed by atoms with van der Waals surface area (Å²) in [6, 6.07) is 13.2. The number of halogens is 1. The molecule has 0 saturated carbocycles. The van der Waals surface area contributed by atoms with Crippen LogP contribution in [-0.2, 0) is 13.0 Å². The summed E-state index contributed by atoms with van der Waals surface area (Å²) in [5.41, 5.74) is 3.65. The molecule has 1 aliphatic rings. The van der Waals surface area contributed by atoms with Crippen LogP contribution in [0.2, 0.25) is 0 Å². The van der Waals surface area contributed by atoms with Crippen LogP contribution in [0.25, 0.3) is 0 Å². The smallest absolute Gasteiger partial charge is 0.162 e. The number of anilines is 1. The van der Waals surface area contributed by atoms with Crippen molar-refractivity contribution >= 4 is 11.5 Å². The molecule has 0 atom stereocenters. The van der Waals surface area contributed by atoms with E-state index in [-0.39, 0.29) is 11.6 Å². The molecule has 1 aliphatic heterocycles. The molecule has 0 fully saturated rings. The molecule has 0 unspecified atom stereocenters. The second-order valence-electron chi connectivity index (χ2n) is 5.78. The van der Waals surface area contributed by atoms with Crippen molar-refractivity contribution < 1.29 is 9.18 Å².